The molecule has 0 saturated heterocycles. The summed E-state index contributed by atoms with van der Waals surface area (Å²) in [6, 6.07) is 0. The number of hydrogen-bond donors (Lipinski definition) is 4. The molecule has 4 aliphatic rings. The van der Waals surface area contributed by atoms with Crippen molar-refractivity contribution in [3.8, 4) is 0 Å². The van der Waals surface area contributed by atoms with Gasteiger partial charge in [-0.3, -0.25) is 0 Å². The molecule has 0 amide bonds. The number of aliphatic hydroxyl groups is 4. The smallest absolute Gasteiger partial charge is 0.0594 e. The topological polar surface area (TPSA) is 80.9 Å². The van der Waals surface area contributed by atoms with Crippen LogP contribution in [-0.2, 0) is 0 Å². The highest BCUT2D eigenvalue weighted by Crippen LogP contribution is 2.63. The third kappa shape index (κ3) is 3.62. The Balaban J connectivity index is 1.56. The van der Waals surface area contributed by atoms with Crippen LogP contribution in [0.25, 0.3) is 0 Å². The van der Waals surface area contributed by atoms with Crippen molar-refractivity contribution in [1.29, 1.82) is 0 Å². The van der Waals surface area contributed by atoms with Gasteiger partial charge in [-0.1, -0.05) is 41.5 Å². The van der Waals surface area contributed by atoms with E-state index in [0.29, 0.717) is 11.8 Å². The molecule has 0 spiro atoms. The Labute approximate surface area is 196 Å². The van der Waals surface area contributed by atoms with Crippen molar-refractivity contribution in [2.75, 3.05) is 0 Å². The molecule has 4 heteroatoms. The van der Waals surface area contributed by atoms with E-state index in [1.54, 1.807) is 0 Å². The van der Waals surface area contributed by atoms with Crippen LogP contribution < -0.4 is 0 Å². The fourth-order valence-corrected chi connectivity index (χ4v) is 9.80. The molecule has 4 fully saturated rings. The zero-order valence-corrected chi connectivity index (χ0v) is 21.5. The van der Waals surface area contributed by atoms with Crippen LogP contribution in [0.2, 0.25) is 0 Å². The average molecular weight is 451 g/mol. The predicted octanol–water partition coefficient (Wildman–Crippen LogP) is 4.92. The van der Waals surface area contributed by atoms with Crippen molar-refractivity contribution in [2.45, 2.75) is 130 Å². The SMILES string of the molecule is CC1(C)[C@@H](O)CC[C@]2(C)[C@@H](CC[C@H]3[C@@H](O)CC[C@H]4C(C)(C)[C@@H](O)CC[C@]34C)[C@@H](O)CC[C@@H]12. The summed E-state index contributed by atoms with van der Waals surface area (Å²) in [5, 5.41) is 43.8. The molecule has 32 heavy (non-hydrogen) atoms. The molecule has 0 unspecified atom stereocenters. The summed E-state index contributed by atoms with van der Waals surface area (Å²) < 4.78 is 0. The van der Waals surface area contributed by atoms with E-state index in [9.17, 15) is 20.4 Å². The van der Waals surface area contributed by atoms with Gasteiger partial charge in [0, 0.05) is 0 Å². The van der Waals surface area contributed by atoms with Crippen LogP contribution in [0.5, 0.6) is 0 Å². The third-order valence-electron chi connectivity index (χ3n) is 11.9. The van der Waals surface area contributed by atoms with Crippen LogP contribution in [0.3, 0.4) is 0 Å². The Kier molecular flexibility index (Phi) is 6.40. The Bertz CT molecular complexity index is 631. The molecule has 4 rings (SSSR count). The van der Waals surface area contributed by atoms with Crippen molar-refractivity contribution >= 4 is 0 Å². The van der Waals surface area contributed by atoms with Gasteiger partial charge in [0.15, 0.2) is 0 Å². The molecule has 186 valence electrons. The van der Waals surface area contributed by atoms with Crippen molar-refractivity contribution in [3.05, 3.63) is 0 Å². The van der Waals surface area contributed by atoms with Crippen LogP contribution in [-0.4, -0.2) is 44.8 Å². The lowest BCUT2D eigenvalue weighted by Gasteiger charge is -2.61. The van der Waals surface area contributed by atoms with Gasteiger partial charge in [0.25, 0.3) is 0 Å². The normalized spacial score (nSPS) is 52.7. The largest absolute Gasteiger partial charge is 0.393 e. The summed E-state index contributed by atoms with van der Waals surface area (Å²) in [5.41, 5.74) is -0.141. The van der Waals surface area contributed by atoms with E-state index in [1.165, 1.54) is 0 Å². The molecule has 4 nitrogen and oxygen atoms in total. The Morgan fingerprint density at radius 2 is 0.875 bits per heavy atom. The summed E-state index contributed by atoms with van der Waals surface area (Å²) >= 11 is 0. The molecular weight excluding hydrogens is 400 g/mol. The molecule has 4 saturated carbocycles. The second-order valence-corrected chi connectivity index (χ2v) is 13.9. The highest BCUT2D eigenvalue weighted by molar-refractivity contribution is 5.09. The van der Waals surface area contributed by atoms with Crippen molar-refractivity contribution in [1.82, 2.24) is 0 Å². The predicted molar refractivity (Wildman–Crippen MR) is 128 cm³/mol. The van der Waals surface area contributed by atoms with Gasteiger partial charge in [-0.25, -0.2) is 0 Å². The van der Waals surface area contributed by atoms with Gasteiger partial charge < -0.3 is 20.4 Å². The minimum atomic E-state index is -0.281. The fraction of sp³-hybridized carbons (Fsp3) is 1.00. The van der Waals surface area contributed by atoms with Gasteiger partial charge >= 0.3 is 0 Å². The van der Waals surface area contributed by atoms with Gasteiger partial charge in [0.1, 0.15) is 0 Å². The summed E-state index contributed by atoms with van der Waals surface area (Å²) in [5.74, 6) is 1.31. The molecule has 0 aromatic rings. The molecule has 0 bridgehead atoms. The van der Waals surface area contributed by atoms with Crippen molar-refractivity contribution in [2.24, 2.45) is 45.3 Å². The van der Waals surface area contributed by atoms with Crippen molar-refractivity contribution in [3.63, 3.8) is 0 Å². The van der Waals surface area contributed by atoms with Crippen LogP contribution in [0, 0.1) is 45.3 Å². The van der Waals surface area contributed by atoms with Crippen molar-refractivity contribution < 1.29 is 20.4 Å². The van der Waals surface area contributed by atoms with E-state index in [2.05, 4.69) is 41.5 Å². The maximum absolute atomic E-state index is 11.2. The lowest BCUT2D eigenvalue weighted by atomic mass is 9.45. The van der Waals surface area contributed by atoms with Gasteiger partial charge in [0.2, 0.25) is 0 Å². The van der Waals surface area contributed by atoms with Gasteiger partial charge in [-0.15, -0.1) is 0 Å². The van der Waals surface area contributed by atoms with E-state index < -0.39 is 0 Å². The van der Waals surface area contributed by atoms with Crippen LogP contribution >= 0.6 is 0 Å². The Morgan fingerprint density at radius 1 is 0.531 bits per heavy atom. The lowest BCUT2D eigenvalue weighted by molar-refractivity contribution is -0.180. The van der Waals surface area contributed by atoms with Crippen LogP contribution in [0.1, 0.15) is 106 Å². The van der Waals surface area contributed by atoms with E-state index in [1.807, 2.05) is 0 Å². The molecule has 4 N–H and O–H groups in total. The first kappa shape index (κ1) is 24.9. The molecule has 0 radical (unpaired) electrons. The zero-order chi connectivity index (χ0) is 23.7. The van der Waals surface area contributed by atoms with E-state index in [0.717, 1.165) is 64.2 Å². The summed E-state index contributed by atoms with van der Waals surface area (Å²) in [7, 11) is 0. The fourth-order valence-electron chi connectivity index (χ4n) is 9.80. The zero-order valence-electron chi connectivity index (χ0n) is 21.5. The quantitative estimate of drug-likeness (QED) is 0.492. The first-order valence-corrected chi connectivity index (χ1v) is 13.5. The maximum atomic E-state index is 11.2. The van der Waals surface area contributed by atoms with Crippen LogP contribution in [0.4, 0.5) is 0 Å². The van der Waals surface area contributed by atoms with E-state index in [-0.39, 0.29) is 57.9 Å². The molecule has 4 aliphatic carbocycles. The molecular formula is C28H50O4. The lowest BCUT2D eigenvalue weighted by Crippen LogP contribution is -2.58. The van der Waals surface area contributed by atoms with E-state index in [4.69, 9.17) is 0 Å². The minimum absolute atomic E-state index is 0.0440. The molecule has 0 heterocycles. The monoisotopic (exact) mass is 450 g/mol. The molecule has 0 aromatic heterocycles. The second kappa shape index (κ2) is 8.21. The number of hydrogen-bond acceptors (Lipinski definition) is 4. The molecule has 0 aliphatic heterocycles. The number of aliphatic hydroxyl groups excluding tert-OH is 4. The summed E-state index contributed by atoms with van der Waals surface area (Å²) in [6.07, 6.45) is 8.08. The highest BCUT2D eigenvalue weighted by atomic mass is 16.3. The van der Waals surface area contributed by atoms with Gasteiger partial charge in [0.05, 0.1) is 24.4 Å². The summed E-state index contributed by atoms with van der Waals surface area (Å²) in [4.78, 5) is 0. The molecule has 0 aromatic carbocycles. The average Bonchev–Trinajstić information content (AvgIpc) is 2.69. The van der Waals surface area contributed by atoms with Crippen LogP contribution in [0.15, 0.2) is 0 Å². The highest BCUT2D eigenvalue weighted by Gasteiger charge is 2.59. The third-order valence-corrected chi connectivity index (χ3v) is 11.9. The van der Waals surface area contributed by atoms with E-state index >= 15 is 0 Å². The summed E-state index contributed by atoms with van der Waals surface area (Å²) in [6.45, 7) is 13.6. The minimum Gasteiger partial charge on any atom is -0.393 e. The first-order chi connectivity index (χ1) is 14.8. The van der Waals surface area contributed by atoms with Gasteiger partial charge in [-0.05, 0) is 110 Å². The standard InChI is InChI=1S/C28H50O4/c1-25(2)21-11-9-19(29)17(27(21,5)15-13-23(25)31)7-8-18-20(30)10-12-22-26(3,4)24(32)14-16-28(18,22)6/h17-24,29-32H,7-16H2,1-6H3/t17-,18-,19-,20-,21-,22-,23-,24-,27+,28+/m0/s1. The Morgan fingerprint density at radius 3 is 1.22 bits per heavy atom. The second-order valence-electron chi connectivity index (χ2n) is 13.9. The first-order valence-electron chi connectivity index (χ1n) is 13.5. The number of fused-ring (bicyclic) bond motifs is 2. The molecule has 10 atom stereocenters. The number of rotatable bonds is 3. The Hall–Kier alpha value is -0.160. The van der Waals surface area contributed by atoms with Gasteiger partial charge in [-0.2, -0.15) is 0 Å². The maximum Gasteiger partial charge on any atom is 0.0594 e.